The SMILES string of the molecule is COC(=O)C(C)(C)CN1CCC(C)(C(N)=O)C1. The van der Waals surface area contributed by atoms with Crippen LogP contribution in [0, 0.1) is 10.8 Å². The summed E-state index contributed by atoms with van der Waals surface area (Å²) in [6, 6.07) is 0. The Labute approximate surface area is 102 Å². The summed E-state index contributed by atoms with van der Waals surface area (Å²) in [5, 5.41) is 0. The van der Waals surface area contributed by atoms with Crippen molar-refractivity contribution < 1.29 is 14.3 Å². The van der Waals surface area contributed by atoms with Gasteiger partial charge in [0.25, 0.3) is 0 Å². The molecule has 0 aliphatic carbocycles. The lowest BCUT2D eigenvalue weighted by atomic mass is 9.89. The molecule has 0 radical (unpaired) electrons. The van der Waals surface area contributed by atoms with Gasteiger partial charge < -0.3 is 15.4 Å². The summed E-state index contributed by atoms with van der Waals surface area (Å²) in [4.78, 5) is 25.0. The van der Waals surface area contributed by atoms with E-state index >= 15 is 0 Å². The normalized spacial score (nSPS) is 25.9. The van der Waals surface area contributed by atoms with Crippen LogP contribution in [0.15, 0.2) is 0 Å². The molecular formula is C12H22N2O3. The minimum absolute atomic E-state index is 0.231. The zero-order valence-corrected chi connectivity index (χ0v) is 11.1. The van der Waals surface area contributed by atoms with Gasteiger partial charge in [0.15, 0.2) is 0 Å². The van der Waals surface area contributed by atoms with E-state index < -0.39 is 10.8 Å². The van der Waals surface area contributed by atoms with Crippen LogP contribution in [0.3, 0.4) is 0 Å². The largest absolute Gasteiger partial charge is 0.469 e. The molecule has 1 aliphatic heterocycles. The number of carbonyl (C=O) groups excluding carboxylic acids is 2. The van der Waals surface area contributed by atoms with Crippen LogP contribution >= 0.6 is 0 Å². The molecule has 17 heavy (non-hydrogen) atoms. The number of carbonyl (C=O) groups is 2. The predicted octanol–water partition coefficient (Wildman–Crippen LogP) is 0.383. The topological polar surface area (TPSA) is 72.6 Å². The van der Waals surface area contributed by atoms with Gasteiger partial charge in [0.05, 0.1) is 17.9 Å². The van der Waals surface area contributed by atoms with Crippen molar-refractivity contribution in [1.82, 2.24) is 4.90 Å². The molecule has 1 heterocycles. The highest BCUT2D eigenvalue weighted by molar-refractivity contribution is 5.81. The lowest BCUT2D eigenvalue weighted by Gasteiger charge is -2.28. The van der Waals surface area contributed by atoms with Crippen molar-refractivity contribution in [2.75, 3.05) is 26.7 Å². The molecule has 1 rings (SSSR count). The van der Waals surface area contributed by atoms with Crippen molar-refractivity contribution in [3.63, 3.8) is 0 Å². The Kier molecular flexibility index (Phi) is 3.81. The van der Waals surface area contributed by atoms with Crippen molar-refractivity contribution in [3.8, 4) is 0 Å². The summed E-state index contributed by atoms with van der Waals surface area (Å²) in [5.41, 5.74) is 4.36. The third kappa shape index (κ3) is 2.97. The zero-order valence-electron chi connectivity index (χ0n) is 11.1. The summed E-state index contributed by atoms with van der Waals surface area (Å²) in [5.74, 6) is -0.499. The Morgan fingerprint density at radius 2 is 2.06 bits per heavy atom. The number of esters is 1. The van der Waals surface area contributed by atoms with Gasteiger partial charge in [0, 0.05) is 13.1 Å². The lowest BCUT2D eigenvalue weighted by molar-refractivity contribution is -0.151. The second kappa shape index (κ2) is 4.64. The van der Waals surface area contributed by atoms with Crippen LogP contribution in [0.25, 0.3) is 0 Å². The number of ether oxygens (including phenoxy) is 1. The molecule has 0 saturated carbocycles. The van der Waals surface area contributed by atoms with Gasteiger partial charge in [0.2, 0.25) is 5.91 Å². The smallest absolute Gasteiger partial charge is 0.312 e. The van der Waals surface area contributed by atoms with Crippen LogP contribution in [0.4, 0.5) is 0 Å². The standard InChI is InChI=1S/C12H22N2O3/c1-11(2,10(16)17-4)7-14-6-5-12(3,8-14)9(13)15/h5-8H2,1-4H3,(H2,13,15). The first-order valence-electron chi connectivity index (χ1n) is 5.82. The number of methoxy groups -OCH3 is 1. The Balaban J connectivity index is 2.62. The molecule has 1 fully saturated rings. The molecule has 0 aromatic heterocycles. The maximum atomic E-state index is 11.6. The average Bonchev–Trinajstić information content (AvgIpc) is 2.59. The first-order valence-corrected chi connectivity index (χ1v) is 5.82. The molecule has 1 unspecified atom stereocenters. The van der Waals surface area contributed by atoms with Gasteiger partial charge in [-0.3, -0.25) is 9.59 Å². The number of nitrogens with two attached hydrogens (primary N) is 1. The molecule has 1 atom stereocenters. The summed E-state index contributed by atoms with van der Waals surface area (Å²) in [7, 11) is 1.39. The van der Waals surface area contributed by atoms with Gasteiger partial charge in [-0.1, -0.05) is 0 Å². The summed E-state index contributed by atoms with van der Waals surface area (Å²) >= 11 is 0. The summed E-state index contributed by atoms with van der Waals surface area (Å²) < 4.78 is 4.77. The average molecular weight is 242 g/mol. The maximum absolute atomic E-state index is 11.6. The minimum atomic E-state index is -0.558. The highest BCUT2D eigenvalue weighted by Crippen LogP contribution is 2.31. The first kappa shape index (κ1) is 14.0. The van der Waals surface area contributed by atoms with Crippen molar-refractivity contribution in [2.45, 2.75) is 27.2 Å². The molecule has 0 bridgehead atoms. The minimum Gasteiger partial charge on any atom is -0.469 e. The second-order valence-corrected chi connectivity index (χ2v) is 5.76. The monoisotopic (exact) mass is 242 g/mol. The fraction of sp³-hybridized carbons (Fsp3) is 0.833. The van der Waals surface area contributed by atoms with Crippen LogP contribution in [0.1, 0.15) is 27.2 Å². The molecule has 0 spiro atoms. The second-order valence-electron chi connectivity index (χ2n) is 5.76. The fourth-order valence-electron chi connectivity index (χ4n) is 2.29. The van der Waals surface area contributed by atoms with Crippen LogP contribution in [-0.2, 0) is 14.3 Å². The fourth-order valence-corrected chi connectivity index (χ4v) is 2.29. The molecular weight excluding hydrogens is 220 g/mol. The van der Waals surface area contributed by atoms with E-state index in [-0.39, 0.29) is 11.9 Å². The molecule has 98 valence electrons. The highest BCUT2D eigenvalue weighted by atomic mass is 16.5. The lowest BCUT2D eigenvalue weighted by Crippen LogP contribution is -2.42. The number of rotatable bonds is 4. The maximum Gasteiger partial charge on any atom is 0.312 e. The van der Waals surface area contributed by atoms with Crippen LogP contribution in [0.2, 0.25) is 0 Å². The molecule has 0 aromatic rings. The zero-order chi connectivity index (χ0) is 13.3. The number of hydrogen-bond acceptors (Lipinski definition) is 4. The van der Waals surface area contributed by atoms with Crippen molar-refractivity contribution in [1.29, 1.82) is 0 Å². The van der Waals surface area contributed by atoms with Crippen molar-refractivity contribution in [2.24, 2.45) is 16.6 Å². The van der Waals surface area contributed by atoms with E-state index in [0.29, 0.717) is 13.1 Å². The van der Waals surface area contributed by atoms with E-state index in [1.807, 2.05) is 20.8 Å². The van der Waals surface area contributed by atoms with Gasteiger partial charge in [-0.25, -0.2) is 0 Å². The van der Waals surface area contributed by atoms with E-state index in [4.69, 9.17) is 10.5 Å². The van der Waals surface area contributed by atoms with Crippen molar-refractivity contribution in [3.05, 3.63) is 0 Å². The van der Waals surface area contributed by atoms with Crippen molar-refractivity contribution >= 4 is 11.9 Å². The number of hydrogen-bond donors (Lipinski definition) is 1. The first-order chi connectivity index (χ1) is 7.71. The van der Waals surface area contributed by atoms with Gasteiger partial charge in [-0.15, -0.1) is 0 Å². The molecule has 5 heteroatoms. The van der Waals surface area contributed by atoms with Gasteiger partial charge >= 0.3 is 5.97 Å². The number of amides is 1. The summed E-state index contributed by atoms with van der Waals surface area (Å²) in [6.07, 6.45) is 0.750. The number of primary amides is 1. The van der Waals surface area contributed by atoms with Crippen LogP contribution in [0.5, 0.6) is 0 Å². The molecule has 1 saturated heterocycles. The molecule has 2 N–H and O–H groups in total. The van der Waals surface area contributed by atoms with Gasteiger partial charge in [-0.2, -0.15) is 0 Å². The van der Waals surface area contributed by atoms with Gasteiger partial charge in [0.1, 0.15) is 0 Å². The Morgan fingerprint density at radius 3 is 2.47 bits per heavy atom. The Hall–Kier alpha value is -1.10. The number of nitrogens with zero attached hydrogens (tertiary/aromatic N) is 1. The highest BCUT2D eigenvalue weighted by Gasteiger charge is 2.41. The Morgan fingerprint density at radius 1 is 1.47 bits per heavy atom. The van der Waals surface area contributed by atoms with E-state index in [0.717, 1.165) is 13.0 Å². The van der Waals surface area contributed by atoms with Gasteiger partial charge in [-0.05, 0) is 33.7 Å². The van der Waals surface area contributed by atoms with E-state index in [9.17, 15) is 9.59 Å². The van der Waals surface area contributed by atoms with E-state index in [1.54, 1.807) is 0 Å². The Bertz CT molecular complexity index is 328. The van der Waals surface area contributed by atoms with E-state index in [2.05, 4.69) is 4.90 Å². The molecule has 5 nitrogen and oxygen atoms in total. The van der Waals surface area contributed by atoms with Crippen LogP contribution in [-0.4, -0.2) is 43.5 Å². The molecule has 1 aliphatic rings. The predicted molar refractivity (Wildman–Crippen MR) is 64.2 cm³/mol. The number of likely N-dealkylation sites (tertiary alicyclic amines) is 1. The quantitative estimate of drug-likeness (QED) is 0.723. The molecule has 0 aromatic carbocycles. The third-order valence-electron chi connectivity index (χ3n) is 3.50. The van der Waals surface area contributed by atoms with E-state index in [1.165, 1.54) is 7.11 Å². The third-order valence-corrected chi connectivity index (χ3v) is 3.50. The summed E-state index contributed by atoms with van der Waals surface area (Å²) in [6.45, 7) is 7.56. The molecule has 1 amide bonds. The van der Waals surface area contributed by atoms with Crippen LogP contribution < -0.4 is 5.73 Å².